The lowest BCUT2D eigenvalue weighted by atomic mass is 10.1. The van der Waals surface area contributed by atoms with Crippen molar-refractivity contribution >= 4 is 29.0 Å². The van der Waals surface area contributed by atoms with Crippen LogP contribution < -0.4 is 10.6 Å². The highest BCUT2D eigenvalue weighted by Crippen LogP contribution is 2.26. The van der Waals surface area contributed by atoms with Crippen LogP contribution in [0.15, 0.2) is 18.2 Å². The molecule has 0 saturated carbocycles. The molecule has 1 heterocycles. The fourth-order valence-corrected chi connectivity index (χ4v) is 2.77. The number of amides is 1. The predicted molar refractivity (Wildman–Crippen MR) is 87.9 cm³/mol. The maximum Gasteiger partial charge on any atom is 0.409 e. The van der Waals surface area contributed by atoms with Crippen molar-refractivity contribution < 1.29 is 9.53 Å². The molecule has 0 bridgehead atoms. The van der Waals surface area contributed by atoms with Gasteiger partial charge in [0.2, 0.25) is 0 Å². The number of nitrogens with two attached hydrogens (primary N) is 1. The number of benzene rings is 1. The number of nitrogens with zero attached hydrogens (tertiary/aromatic N) is 2. The van der Waals surface area contributed by atoms with Crippen molar-refractivity contribution in [1.82, 2.24) is 4.90 Å². The monoisotopic (exact) mass is 307 g/mol. The molecule has 21 heavy (non-hydrogen) atoms. The number of carbonyl (C=O) groups excluding carboxylic acids is 1. The smallest absolute Gasteiger partial charge is 0.409 e. The van der Waals surface area contributed by atoms with Gasteiger partial charge in [0.25, 0.3) is 0 Å². The normalized spacial score (nSPS) is 15.0. The molecule has 1 aliphatic heterocycles. The quantitative estimate of drug-likeness (QED) is 0.865. The second-order valence-corrected chi connectivity index (χ2v) is 5.45. The first-order chi connectivity index (χ1) is 10.0. The van der Waals surface area contributed by atoms with E-state index in [1.54, 1.807) is 4.90 Å². The third-order valence-electron chi connectivity index (χ3n) is 3.63. The van der Waals surface area contributed by atoms with Crippen LogP contribution in [-0.4, -0.2) is 48.8 Å². The molecule has 5 nitrogen and oxygen atoms in total. The highest BCUT2D eigenvalue weighted by Gasteiger charge is 2.24. The van der Waals surface area contributed by atoms with E-state index in [0.29, 0.717) is 24.7 Å². The fourth-order valence-electron chi connectivity index (χ4n) is 2.60. The number of anilines is 1. The van der Waals surface area contributed by atoms with Crippen LogP contribution in [0.1, 0.15) is 18.1 Å². The van der Waals surface area contributed by atoms with Gasteiger partial charge in [-0.3, -0.25) is 0 Å². The minimum absolute atomic E-state index is 0.239. The largest absolute Gasteiger partial charge is 0.450 e. The van der Waals surface area contributed by atoms with Gasteiger partial charge in [-0.2, -0.15) is 0 Å². The molecule has 6 heteroatoms. The van der Waals surface area contributed by atoms with Crippen LogP contribution in [0.25, 0.3) is 0 Å². The van der Waals surface area contributed by atoms with Gasteiger partial charge in [0.1, 0.15) is 4.99 Å². The van der Waals surface area contributed by atoms with Crippen molar-refractivity contribution in [3.8, 4) is 0 Å². The Morgan fingerprint density at radius 2 is 2.00 bits per heavy atom. The minimum atomic E-state index is -0.239. The Morgan fingerprint density at radius 3 is 2.57 bits per heavy atom. The number of thiocarbonyl (C=S) groups is 1. The third-order valence-corrected chi connectivity index (χ3v) is 3.85. The number of rotatable bonds is 3. The van der Waals surface area contributed by atoms with E-state index in [-0.39, 0.29) is 6.09 Å². The number of hydrogen-bond acceptors (Lipinski definition) is 4. The highest BCUT2D eigenvalue weighted by atomic mass is 32.1. The van der Waals surface area contributed by atoms with Crippen LogP contribution in [-0.2, 0) is 4.74 Å². The molecule has 0 atom stereocenters. The Bertz CT molecular complexity index is 540. The number of carbonyl (C=O) groups is 1. The highest BCUT2D eigenvalue weighted by molar-refractivity contribution is 7.80. The number of piperazine rings is 1. The van der Waals surface area contributed by atoms with E-state index in [2.05, 4.69) is 17.9 Å². The van der Waals surface area contributed by atoms with Gasteiger partial charge in [-0.05, 0) is 25.5 Å². The van der Waals surface area contributed by atoms with Gasteiger partial charge < -0.3 is 20.3 Å². The van der Waals surface area contributed by atoms with Gasteiger partial charge in [0.15, 0.2) is 0 Å². The molecule has 2 N–H and O–H groups in total. The third kappa shape index (κ3) is 3.44. The molecule has 2 rings (SSSR count). The average Bonchev–Trinajstić information content (AvgIpc) is 2.47. The predicted octanol–water partition coefficient (Wildman–Crippen LogP) is 1.91. The summed E-state index contributed by atoms with van der Waals surface area (Å²) in [5.41, 5.74) is 8.94. The molecule has 0 spiro atoms. The zero-order chi connectivity index (χ0) is 15.4. The van der Waals surface area contributed by atoms with Crippen molar-refractivity contribution in [1.29, 1.82) is 0 Å². The number of para-hydroxylation sites is 1. The summed E-state index contributed by atoms with van der Waals surface area (Å²) < 4.78 is 5.04. The number of hydrogen-bond donors (Lipinski definition) is 1. The van der Waals surface area contributed by atoms with Crippen LogP contribution in [0.4, 0.5) is 10.5 Å². The van der Waals surface area contributed by atoms with Gasteiger partial charge in [-0.1, -0.05) is 24.4 Å². The van der Waals surface area contributed by atoms with Crippen LogP contribution in [0.3, 0.4) is 0 Å². The summed E-state index contributed by atoms with van der Waals surface area (Å²) in [6.45, 7) is 7.06. The van der Waals surface area contributed by atoms with E-state index in [9.17, 15) is 4.79 Å². The lowest BCUT2D eigenvalue weighted by Crippen LogP contribution is -2.49. The van der Waals surface area contributed by atoms with Crippen molar-refractivity contribution in [2.24, 2.45) is 5.73 Å². The van der Waals surface area contributed by atoms with Crippen molar-refractivity contribution in [2.75, 3.05) is 37.7 Å². The maximum atomic E-state index is 11.7. The lowest BCUT2D eigenvalue weighted by Gasteiger charge is -2.37. The van der Waals surface area contributed by atoms with E-state index in [0.717, 1.165) is 29.9 Å². The van der Waals surface area contributed by atoms with Crippen LogP contribution >= 0.6 is 12.2 Å². The van der Waals surface area contributed by atoms with Crippen molar-refractivity contribution in [3.05, 3.63) is 29.3 Å². The topological polar surface area (TPSA) is 58.8 Å². The maximum absolute atomic E-state index is 11.7. The Hall–Kier alpha value is -1.82. The van der Waals surface area contributed by atoms with Gasteiger partial charge in [-0.25, -0.2) is 4.79 Å². The molecule has 1 fully saturated rings. The molecular formula is C15H21N3O2S. The van der Waals surface area contributed by atoms with Gasteiger partial charge >= 0.3 is 6.09 Å². The molecule has 1 aliphatic rings. The van der Waals surface area contributed by atoms with Gasteiger partial charge in [-0.15, -0.1) is 0 Å². The molecule has 0 aromatic heterocycles. The SMILES string of the molecule is CCOC(=O)N1CCN(c2c(C)cccc2C(N)=S)CC1. The summed E-state index contributed by atoms with van der Waals surface area (Å²) in [5, 5.41) is 0. The zero-order valence-corrected chi connectivity index (χ0v) is 13.3. The molecule has 1 aromatic carbocycles. The average molecular weight is 307 g/mol. The van der Waals surface area contributed by atoms with E-state index >= 15 is 0 Å². The first-order valence-electron chi connectivity index (χ1n) is 7.10. The first kappa shape index (κ1) is 15.6. The van der Waals surface area contributed by atoms with Gasteiger partial charge in [0.05, 0.1) is 12.3 Å². The van der Waals surface area contributed by atoms with Crippen molar-refractivity contribution in [2.45, 2.75) is 13.8 Å². The molecule has 1 amide bonds. The molecule has 1 aromatic rings. The minimum Gasteiger partial charge on any atom is -0.450 e. The molecular weight excluding hydrogens is 286 g/mol. The Balaban J connectivity index is 2.13. The standard InChI is InChI=1S/C15H21N3O2S/c1-3-20-15(19)18-9-7-17(8-10-18)13-11(2)5-4-6-12(13)14(16)21/h4-6H,3,7-10H2,1-2H3,(H2,16,21). The van der Waals surface area contributed by atoms with Crippen LogP contribution in [0, 0.1) is 6.92 Å². The Morgan fingerprint density at radius 1 is 1.33 bits per heavy atom. The van der Waals surface area contributed by atoms with Crippen LogP contribution in [0.2, 0.25) is 0 Å². The number of aryl methyl sites for hydroxylation is 1. The van der Waals surface area contributed by atoms with E-state index in [1.165, 1.54) is 0 Å². The summed E-state index contributed by atoms with van der Waals surface area (Å²) in [7, 11) is 0. The molecule has 0 radical (unpaired) electrons. The van der Waals surface area contributed by atoms with Gasteiger partial charge in [0, 0.05) is 31.7 Å². The molecule has 0 aliphatic carbocycles. The summed E-state index contributed by atoms with van der Waals surface area (Å²) in [5.74, 6) is 0. The second kappa shape index (κ2) is 6.76. The van der Waals surface area contributed by atoms with E-state index in [1.807, 2.05) is 19.1 Å². The summed E-state index contributed by atoms with van der Waals surface area (Å²) in [6.07, 6.45) is -0.239. The van der Waals surface area contributed by atoms with Crippen LogP contribution in [0.5, 0.6) is 0 Å². The summed E-state index contributed by atoms with van der Waals surface area (Å²) >= 11 is 5.14. The molecule has 0 unspecified atom stereocenters. The lowest BCUT2D eigenvalue weighted by molar-refractivity contribution is 0.105. The molecule has 1 saturated heterocycles. The van der Waals surface area contributed by atoms with E-state index in [4.69, 9.17) is 22.7 Å². The summed E-state index contributed by atoms with van der Waals surface area (Å²) in [4.78, 5) is 16.1. The molecule has 114 valence electrons. The zero-order valence-electron chi connectivity index (χ0n) is 12.5. The first-order valence-corrected chi connectivity index (χ1v) is 7.51. The fraction of sp³-hybridized carbons (Fsp3) is 0.467. The number of ether oxygens (including phenoxy) is 1. The van der Waals surface area contributed by atoms with Crippen molar-refractivity contribution in [3.63, 3.8) is 0 Å². The Kier molecular flexibility index (Phi) is 5.01. The van der Waals surface area contributed by atoms with E-state index < -0.39 is 0 Å². The second-order valence-electron chi connectivity index (χ2n) is 5.01. The summed E-state index contributed by atoms with van der Waals surface area (Å²) in [6, 6.07) is 5.96. The Labute approximate surface area is 130 Å².